The molecule has 2 aromatic heterocycles. The Bertz CT molecular complexity index is 626. The van der Waals surface area contributed by atoms with E-state index in [0.29, 0.717) is 4.34 Å². The molecule has 0 saturated carbocycles. The highest BCUT2D eigenvalue weighted by molar-refractivity contribution is 8.00. The molecule has 98 valence electrons. The minimum absolute atomic E-state index is 0.0629. The number of nitrogens with one attached hydrogen (secondary N) is 1. The highest BCUT2D eigenvalue weighted by Gasteiger charge is 2.34. The number of aliphatic hydroxyl groups is 1. The lowest BCUT2D eigenvalue weighted by Crippen LogP contribution is -2.23. The molecule has 2 N–H and O–H groups in total. The molecule has 5 nitrogen and oxygen atoms in total. The summed E-state index contributed by atoms with van der Waals surface area (Å²) in [6, 6.07) is 0. The van der Waals surface area contributed by atoms with Crippen LogP contribution in [0, 0.1) is 0 Å². The lowest BCUT2D eigenvalue weighted by molar-refractivity contribution is -0.0352. The van der Waals surface area contributed by atoms with Gasteiger partial charge >= 0.3 is 5.92 Å². The SMILES string of the molecule is CSc1nc2c(=O)[nH]c(C(F)(F)CCO)nc2s1. The van der Waals surface area contributed by atoms with Crippen molar-refractivity contribution in [3.05, 3.63) is 16.2 Å². The summed E-state index contributed by atoms with van der Waals surface area (Å²) in [7, 11) is 0. The first kappa shape index (κ1) is 13.4. The Morgan fingerprint density at radius 1 is 1.50 bits per heavy atom. The number of halogens is 2. The summed E-state index contributed by atoms with van der Waals surface area (Å²) in [5, 5.41) is 8.58. The van der Waals surface area contributed by atoms with Gasteiger partial charge in [-0.3, -0.25) is 4.79 Å². The number of aromatic amines is 1. The third-order valence-electron chi connectivity index (χ3n) is 2.20. The minimum Gasteiger partial charge on any atom is -0.396 e. The number of H-pyrrole nitrogens is 1. The number of hydrogen-bond acceptors (Lipinski definition) is 6. The van der Waals surface area contributed by atoms with Gasteiger partial charge in [0.1, 0.15) is 0 Å². The van der Waals surface area contributed by atoms with E-state index in [0.717, 1.165) is 11.3 Å². The molecule has 0 spiro atoms. The van der Waals surface area contributed by atoms with Gasteiger partial charge in [0.05, 0.1) is 0 Å². The molecular weight excluding hydrogens is 284 g/mol. The quantitative estimate of drug-likeness (QED) is 0.837. The van der Waals surface area contributed by atoms with Gasteiger partial charge in [0, 0.05) is 13.0 Å². The third-order valence-corrected chi connectivity index (χ3v) is 4.13. The maximum atomic E-state index is 13.5. The first-order valence-corrected chi connectivity index (χ1v) is 6.96. The number of thioether (sulfide) groups is 1. The van der Waals surface area contributed by atoms with Crippen LogP contribution in [-0.2, 0) is 5.92 Å². The summed E-state index contributed by atoms with van der Waals surface area (Å²) in [6.45, 7) is -0.687. The maximum Gasteiger partial charge on any atom is 0.306 e. The molecule has 0 radical (unpaired) electrons. The van der Waals surface area contributed by atoms with Crippen LogP contribution in [0.15, 0.2) is 9.13 Å². The van der Waals surface area contributed by atoms with E-state index in [1.807, 2.05) is 4.98 Å². The molecule has 9 heteroatoms. The average molecular weight is 293 g/mol. The van der Waals surface area contributed by atoms with Crippen molar-refractivity contribution in [1.82, 2.24) is 15.0 Å². The van der Waals surface area contributed by atoms with Crippen molar-refractivity contribution < 1.29 is 13.9 Å². The van der Waals surface area contributed by atoms with Crippen molar-refractivity contribution in [3.8, 4) is 0 Å². The number of thiazole rings is 1. The van der Waals surface area contributed by atoms with Crippen LogP contribution in [-0.4, -0.2) is 32.9 Å². The zero-order valence-electron chi connectivity index (χ0n) is 9.24. The maximum absolute atomic E-state index is 13.5. The fourth-order valence-corrected chi connectivity index (χ4v) is 2.76. The summed E-state index contributed by atoms with van der Waals surface area (Å²) in [6.07, 6.45) is 0.989. The number of aliphatic hydroxyl groups excluding tert-OH is 1. The number of aromatic nitrogens is 3. The van der Waals surface area contributed by atoms with Crippen LogP contribution in [0.4, 0.5) is 8.78 Å². The smallest absolute Gasteiger partial charge is 0.306 e. The van der Waals surface area contributed by atoms with Crippen molar-refractivity contribution in [1.29, 1.82) is 0 Å². The van der Waals surface area contributed by atoms with Gasteiger partial charge in [0.15, 0.2) is 20.5 Å². The fourth-order valence-electron chi connectivity index (χ4n) is 1.33. The Morgan fingerprint density at radius 2 is 2.22 bits per heavy atom. The molecule has 2 heterocycles. The Kier molecular flexibility index (Phi) is 3.64. The molecule has 0 aliphatic heterocycles. The summed E-state index contributed by atoms with van der Waals surface area (Å²) in [5.41, 5.74) is -0.628. The second-order valence-corrected chi connectivity index (χ2v) is 5.46. The number of nitrogens with zero attached hydrogens (tertiary/aromatic N) is 2. The van der Waals surface area contributed by atoms with Crippen molar-refractivity contribution in [2.75, 3.05) is 12.9 Å². The Balaban J connectivity index is 2.58. The summed E-state index contributed by atoms with van der Waals surface area (Å²) in [5.74, 6) is -4.09. The number of hydrogen-bond donors (Lipinski definition) is 2. The van der Waals surface area contributed by atoms with E-state index in [4.69, 9.17) is 5.11 Å². The van der Waals surface area contributed by atoms with E-state index in [9.17, 15) is 13.6 Å². The van der Waals surface area contributed by atoms with Gasteiger partial charge < -0.3 is 10.1 Å². The molecular formula is C9H9F2N3O2S2. The lowest BCUT2D eigenvalue weighted by Gasteiger charge is -2.13. The first-order valence-electron chi connectivity index (χ1n) is 4.92. The van der Waals surface area contributed by atoms with Crippen molar-refractivity contribution in [2.24, 2.45) is 0 Å². The zero-order valence-corrected chi connectivity index (χ0v) is 10.9. The van der Waals surface area contributed by atoms with Gasteiger partial charge in [-0.05, 0) is 6.26 Å². The summed E-state index contributed by atoms with van der Waals surface area (Å²) in [4.78, 5) is 21.5. The first-order chi connectivity index (χ1) is 8.47. The van der Waals surface area contributed by atoms with Gasteiger partial charge in [-0.1, -0.05) is 23.1 Å². The largest absolute Gasteiger partial charge is 0.396 e. The van der Waals surface area contributed by atoms with Gasteiger partial charge in [-0.25, -0.2) is 9.97 Å². The molecule has 0 unspecified atom stereocenters. The van der Waals surface area contributed by atoms with Gasteiger partial charge in [-0.2, -0.15) is 8.78 Å². The molecule has 0 bridgehead atoms. The minimum atomic E-state index is -3.36. The van der Waals surface area contributed by atoms with E-state index in [1.54, 1.807) is 6.26 Å². The van der Waals surface area contributed by atoms with Crippen LogP contribution in [0.1, 0.15) is 12.2 Å². The zero-order chi connectivity index (χ0) is 13.3. The molecule has 0 aliphatic carbocycles. The van der Waals surface area contributed by atoms with E-state index in [-0.39, 0.29) is 10.3 Å². The highest BCUT2D eigenvalue weighted by atomic mass is 32.2. The van der Waals surface area contributed by atoms with Crippen LogP contribution in [0.25, 0.3) is 10.3 Å². The van der Waals surface area contributed by atoms with Crippen LogP contribution >= 0.6 is 23.1 Å². The van der Waals surface area contributed by atoms with E-state index < -0.39 is 30.3 Å². The average Bonchev–Trinajstić information content (AvgIpc) is 2.72. The molecule has 0 fully saturated rings. The van der Waals surface area contributed by atoms with Crippen LogP contribution in [0.5, 0.6) is 0 Å². The monoisotopic (exact) mass is 293 g/mol. The van der Waals surface area contributed by atoms with Crippen LogP contribution in [0.3, 0.4) is 0 Å². The predicted molar refractivity (Wildman–Crippen MR) is 65.4 cm³/mol. The summed E-state index contributed by atoms with van der Waals surface area (Å²) < 4.78 is 27.7. The standard InChI is InChI=1S/C9H9F2N3O2S2/c1-17-8-12-4-5(16)13-7(14-6(4)18-8)9(10,11)2-3-15/h15H,2-3H2,1H3,(H,13,14,16). The molecule has 0 aliphatic rings. The molecule has 2 rings (SSSR count). The lowest BCUT2D eigenvalue weighted by atomic mass is 10.2. The fraction of sp³-hybridized carbons (Fsp3) is 0.444. The van der Waals surface area contributed by atoms with E-state index >= 15 is 0 Å². The highest BCUT2D eigenvalue weighted by Crippen LogP contribution is 2.30. The molecule has 18 heavy (non-hydrogen) atoms. The van der Waals surface area contributed by atoms with Gasteiger partial charge in [0.2, 0.25) is 0 Å². The molecule has 0 aromatic carbocycles. The third kappa shape index (κ3) is 2.38. The summed E-state index contributed by atoms with van der Waals surface area (Å²) >= 11 is 2.40. The Morgan fingerprint density at radius 3 is 2.83 bits per heavy atom. The Labute approximate surface area is 108 Å². The van der Waals surface area contributed by atoms with E-state index in [1.165, 1.54) is 11.8 Å². The molecule has 2 aromatic rings. The normalized spacial score (nSPS) is 12.2. The number of alkyl halides is 2. The van der Waals surface area contributed by atoms with Crippen LogP contribution < -0.4 is 5.56 Å². The molecule has 0 saturated heterocycles. The second-order valence-electron chi connectivity index (χ2n) is 3.43. The van der Waals surface area contributed by atoms with Crippen molar-refractivity contribution in [2.45, 2.75) is 16.7 Å². The van der Waals surface area contributed by atoms with Gasteiger partial charge in [-0.15, -0.1) is 0 Å². The van der Waals surface area contributed by atoms with Crippen molar-refractivity contribution >= 4 is 33.4 Å². The molecule has 0 amide bonds. The van der Waals surface area contributed by atoms with E-state index in [2.05, 4.69) is 9.97 Å². The topological polar surface area (TPSA) is 78.9 Å². The van der Waals surface area contributed by atoms with Crippen molar-refractivity contribution in [3.63, 3.8) is 0 Å². The Hall–Kier alpha value is -1.06. The second kappa shape index (κ2) is 4.90. The number of rotatable bonds is 4. The molecule has 0 atom stereocenters. The van der Waals surface area contributed by atoms with Crippen LogP contribution in [0.2, 0.25) is 0 Å². The van der Waals surface area contributed by atoms with Gasteiger partial charge in [0.25, 0.3) is 5.56 Å². The number of fused-ring (bicyclic) bond motifs is 1. The predicted octanol–water partition coefficient (Wildman–Crippen LogP) is 1.58.